The van der Waals surface area contributed by atoms with Crippen LogP contribution in [0.4, 0.5) is 0 Å². The topological polar surface area (TPSA) is 59.9 Å². The van der Waals surface area contributed by atoms with Crippen molar-refractivity contribution in [2.45, 2.75) is 19.8 Å². The zero-order chi connectivity index (χ0) is 18.1. The monoisotopic (exact) mass is 404 g/mol. The van der Waals surface area contributed by atoms with Gasteiger partial charge in [-0.15, -0.1) is 0 Å². The van der Waals surface area contributed by atoms with Gasteiger partial charge in [0, 0.05) is 6.42 Å². The standard InChI is InChI=1S/C19H21BrN2O3/c1-3-25-17-12-15(11-16(20)19(17)24-2)13-21-22-18(23)10-9-14-7-5-4-6-8-14/h4-8,11-13H,3,9-10H2,1-2H3,(H,22,23)/b21-13-. The summed E-state index contributed by atoms with van der Waals surface area (Å²) < 4.78 is 11.6. The Morgan fingerprint density at radius 2 is 2.04 bits per heavy atom. The lowest BCUT2D eigenvalue weighted by molar-refractivity contribution is -0.121. The van der Waals surface area contributed by atoms with Gasteiger partial charge in [-0.3, -0.25) is 4.79 Å². The molecule has 0 saturated heterocycles. The van der Waals surface area contributed by atoms with Gasteiger partial charge in [-0.2, -0.15) is 5.10 Å². The van der Waals surface area contributed by atoms with Gasteiger partial charge in [0.2, 0.25) is 5.91 Å². The van der Waals surface area contributed by atoms with E-state index in [0.29, 0.717) is 30.9 Å². The highest BCUT2D eigenvalue weighted by atomic mass is 79.9. The third-order valence-corrected chi connectivity index (χ3v) is 4.01. The largest absolute Gasteiger partial charge is 0.492 e. The normalized spacial score (nSPS) is 10.7. The van der Waals surface area contributed by atoms with Crippen LogP contribution in [-0.2, 0) is 11.2 Å². The number of amides is 1. The smallest absolute Gasteiger partial charge is 0.240 e. The molecule has 0 saturated carbocycles. The lowest BCUT2D eigenvalue weighted by Crippen LogP contribution is -2.17. The van der Waals surface area contributed by atoms with Crippen LogP contribution in [0, 0.1) is 0 Å². The number of rotatable bonds is 8. The van der Waals surface area contributed by atoms with Crippen LogP contribution in [0.2, 0.25) is 0 Å². The Labute approximate surface area is 156 Å². The van der Waals surface area contributed by atoms with Crippen LogP contribution in [-0.4, -0.2) is 25.8 Å². The van der Waals surface area contributed by atoms with E-state index in [4.69, 9.17) is 9.47 Å². The average molecular weight is 405 g/mol. The molecule has 2 rings (SSSR count). The second kappa shape index (κ2) is 9.84. The molecule has 132 valence electrons. The Hall–Kier alpha value is -2.34. The Bertz CT molecular complexity index is 733. The molecule has 2 aromatic carbocycles. The molecule has 0 atom stereocenters. The first kappa shape index (κ1) is 19.0. The second-order valence-electron chi connectivity index (χ2n) is 5.25. The van der Waals surface area contributed by atoms with Crippen LogP contribution in [0.3, 0.4) is 0 Å². The Balaban J connectivity index is 1.93. The van der Waals surface area contributed by atoms with Crippen LogP contribution in [0.5, 0.6) is 11.5 Å². The minimum atomic E-state index is -0.127. The molecule has 6 heteroatoms. The summed E-state index contributed by atoms with van der Waals surface area (Å²) in [6.07, 6.45) is 2.65. The number of ether oxygens (including phenoxy) is 2. The minimum Gasteiger partial charge on any atom is -0.492 e. The molecule has 0 aliphatic carbocycles. The fourth-order valence-corrected chi connectivity index (χ4v) is 2.88. The molecular formula is C19H21BrN2O3. The Morgan fingerprint density at radius 3 is 2.72 bits per heavy atom. The second-order valence-corrected chi connectivity index (χ2v) is 6.10. The SMILES string of the molecule is CCOc1cc(/C=N\NC(=O)CCc2ccccc2)cc(Br)c1OC. The predicted octanol–water partition coefficient (Wildman–Crippen LogP) is 3.94. The number of hydrogen-bond acceptors (Lipinski definition) is 4. The van der Waals surface area contributed by atoms with Gasteiger partial charge in [0.05, 0.1) is 24.4 Å². The molecule has 0 aliphatic heterocycles. The van der Waals surface area contributed by atoms with Crippen molar-refractivity contribution in [3.05, 3.63) is 58.1 Å². The number of nitrogens with one attached hydrogen (secondary N) is 1. The van der Waals surface area contributed by atoms with Crippen LogP contribution in [0.15, 0.2) is 52.0 Å². The third kappa shape index (κ3) is 5.90. The highest BCUT2D eigenvalue weighted by Crippen LogP contribution is 2.36. The molecule has 1 amide bonds. The van der Waals surface area contributed by atoms with Crippen molar-refractivity contribution >= 4 is 28.1 Å². The summed E-state index contributed by atoms with van der Waals surface area (Å²) in [5.74, 6) is 1.12. The number of carbonyl (C=O) groups is 1. The number of benzene rings is 2. The molecule has 5 nitrogen and oxygen atoms in total. The average Bonchev–Trinajstić information content (AvgIpc) is 2.61. The number of methoxy groups -OCH3 is 1. The first-order valence-corrected chi connectivity index (χ1v) is 8.79. The molecule has 0 fully saturated rings. The molecule has 0 heterocycles. The van der Waals surface area contributed by atoms with Crippen molar-refractivity contribution in [2.75, 3.05) is 13.7 Å². The molecule has 1 N–H and O–H groups in total. The van der Waals surface area contributed by atoms with Gasteiger partial charge < -0.3 is 9.47 Å². The zero-order valence-electron chi connectivity index (χ0n) is 14.3. The van der Waals surface area contributed by atoms with Gasteiger partial charge >= 0.3 is 0 Å². The van der Waals surface area contributed by atoms with Crippen molar-refractivity contribution in [2.24, 2.45) is 5.10 Å². The molecular weight excluding hydrogens is 384 g/mol. The summed E-state index contributed by atoms with van der Waals surface area (Å²) in [7, 11) is 1.59. The van der Waals surface area contributed by atoms with Crippen molar-refractivity contribution < 1.29 is 14.3 Å². The number of aryl methyl sites for hydroxylation is 1. The number of nitrogens with zero attached hydrogens (tertiary/aromatic N) is 1. The van der Waals surface area contributed by atoms with E-state index in [0.717, 1.165) is 15.6 Å². The quantitative estimate of drug-likeness (QED) is 0.535. The molecule has 25 heavy (non-hydrogen) atoms. The van der Waals surface area contributed by atoms with Gasteiger partial charge in [-0.25, -0.2) is 5.43 Å². The summed E-state index contributed by atoms with van der Waals surface area (Å²) in [6, 6.07) is 13.5. The van der Waals surface area contributed by atoms with Gasteiger partial charge in [0.1, 0.15) is 0 Å². The van der Waals surface area contributed by atoms with Gasteiger partial charge in [-0.1, -0.05) is 30.3 Å². The summed E-state index contributed by atoms with van der Waals surface area (Å²) in [5.41, 5.74) is 4.46. The fourth-order valence-electron chi connectivity index (χ4n) is 2.26. The van der Waals surface area contributed by atoms with Crippen molar-refractivity contribution in [3.63, 3.8) is 0 Å². The minimum absolute atomic E-state index is 0.127. The number of hydrazone groups is 1. The number of halogens is 1. The molecule has 0 unspecified atom stereocenters. The maximum absolute atomic E-state index is 11.9. The van der Waals surface area contributed by atoms with Crippen molar-refractivity contribution in [1.29, 1.82) is 0 Å². The van der Waals surface area contributed by atoms with Gasteiger partial charge in [0.15, 0.2) is 11.5 Å². The summed E-state index contributed by atoms with van der Waals surface area (Å²) >= 11 is 3.45. The highest BCUT2D eigenvalue weighted by molar-refractivity contribution is 9.10. The highest BCUT2D eigenvalue weighted by Gasteiger charge is 2.10. The first-order chi connectivity index (χ1) is 12.1. The van der Waals surface area contributed by atoms with E-state index in [1.54, 1.807) is 13.3 Å². The van der Waals surface area contributed by atoms with E-state index in [9.17, 15) is 4.79 Å². The van der Waals surface area contributed by atoms with E-state index in [1.165, 1.54) is 0 Å². The Morgan fingerprint density at radius 1 is 1.28 bits per heavy atom. The van der Waals surface area contributed by atoms with Crippen molar-refractivity contribution in [1.82, 2.24) is 5.43 Å². The van der Waals surface area contributed by atoms with E-state index in [2.05, 4.69) is 26.5 Å². The molecule has 0 bridgehead atoms. The van der Waals surface area contributed by atoms with Gasteiger partial charge in [0.25, 0.3) is 0 Å². The molecule has 2 aromatic rings. The molecule has 0 aliphatic rings. The summed E-state index contributed by atoms with van der Waals surface area (Å²) in [5, 5.41) is 4.01. The number of hydrogen-bond donors (Lipinski definition) is 1. The fraction of sp³-hybridized carbons (Fsp3) is 0.263. The molecule has 0 aromatic heterocycles. The lowest BCUT2D eigenvalue weighted by atomic mass is 10.1. The maximum atomic E-state index is 11.9. The zero-order valence-corrected chi connectivity index (χ0v) is 15.9. The van der Waals surface area contributed by atoms with Crippen LogP contribution in [0.25, 0.3) is 0 Å². The van der Waals surface area contributed by atoms with E-state index in [1.807, 2.05) is 49.4 Å². The maximum Gasteiger partial charge on any atom is 0.240 e. The van der Waals surface area contributed by atoms with Crippen LogP contribution >= 0.6 is 15.9 Å². The van der Waals surface area contributed by atoms with Crippen molar-refractivity contribution in [3.8, 4) is 11.5 Å². The Kier molecular flexibility index (Phi) is 7.47. The van der Waals surface area contributed by atoms with Gasteiger partial charge in [-0.05, 0) is 52.5 Å². The first-order valence-electron chi connectivity index (χ1n) is 8.00. The van der Waals surface area contributed by atoms with Crippen LogP contribution in [0.1, 0.15) is 24.5 Å². The lowest BCUT2D eigenvalue weighted by Gasteiger charge is -2.11. The van der Waals surface area contributed by atoms with Crippen LogP contribution < -0.4 is 14.9 Å². The van der Waals surface area contributed by atoms with E-state index < -0.39 is 0 Å². The van der Waals surface area contributed by atoms with E-state index in [-0.39, 0.29) is 5.91 Å². The summed E-state index contributed by atoms with van der Waals surface area (Å²) in [4.78, 5) is 11.9. The predicted molar refractivity (Wildman–Crippen MR) is 102 cm³/mol. The van der Waals surface area contributed by atoms with E-state index >= 15 is 0 Å². The summed E-state index contributed by atoms with van der Waals surface area (Å²) in [6.45, 7) is 2.43. The molecule has 0 spiro atoms. The molecule has 0 radical (unpaired) electrons. The number of carbonyl (C=O) groups excluding carboxylic acids is 1. The third-order valence-electron chi connectivity index (χ3n) is 3.42.